The second-order valence-corrected chi connectivity index (χ2v) is 7.88. The average molecular weight is 386 g/mol. The van der Waals surface area contributed by atoms with Crippen LogP contribution in [0.15, 0.2) is 42.7 Å². The van der Waals surface area contributed by atoms with Crippen LogP contribution >= 0.6 is 11.6 Å². The number of rotatable bonds is 5. The van der Waals surface area contributed by atoms with Gasteiger partial charge in [-0.15, -0.1) is 0 Å². The van der Waals surface area contributed by atoms with E-state index in [2.05, 4.69) is 27.0 Å². The molecule has 0 unspecified atom stereocenters. The molecule has 2 heterocycles. The van der Waals surface area contributed by atoms with Crippen molar-refractivity contribution < 1.29 is 9.84 Å². The quantitative estimate of drug-likeness (QED) is 0.698. The third-order valence-corrected chi connectivity index (χ3v) is 5.57. The van der Waals surface area contributed by atoms with Crippen LogP contribution in [0, 0.1) is 6.92 Å². The normalized spacial score (nSPS) is 17.3. The van der Waals surface area contributed by atoms with Crippen LogP contribution in [-0.2, 0) is 6.54 Å². The van der Waals surface area contributed by atoms with E-state index < -0.39 is 5.60 Å². The summed E-state index contributed by atoms with van der Waals surface area (Å²) in [6, 6.07) is 12.0. The Kier molecular flexibility index (Phi) is 5.08. The average Bonchev–Trinajstić information content (AvgIpc) is 3.12. The van der Waals surface area contributed by atoms with E-state index in [0.717, 1.165) is 36.2 Å². The van der Waals surface area contributed by atoms with Crippen LogP contribution in [0.1, 0.15) is 24.0 Å². The van der Waals surface area contributed by atoms with Gasteiger partial charge in [-0.25, -0.2) is 4.98 Å². The number of aromatic nitrogens is 2. The van der Waals surface area contributed by atoms with Crippen molar-refractivity contribution in [1.82, 2.24) is 14.9 Å². The van der Waals surface area contributed by atoms with Gasteiger partial charge in [-0.2, -0.15) is 0 Å². The van der Waals surface area contributed by atoms with E-state index in [1.165, 1.54) is 5.56 Å². The van der Waals surface area contributed by atoms with Gasteiger partial charge >= 0.3 is 0 Å². The van der Waals surface area contributed by atoms with E-state index >= 15 is 0 Å². The Morgan fingerprint density at radius 1 is 1.22 bits per heavy atom. The molecule has 1 aromatic heterocycles. The van der Waals surface area contributed by atoms with Crippen LogP contribution in [0.25, 0.3) is 11.0 Å². The number of halogens is 1. The van der Waals surface area contributed by atoms with E-state index in [0.29, 0.717) is 23.6 Å². The van der Waals surface area contributed by atoms with Gasteiger partial charge in [0.25, 0.3) is 0 Å². The van der Waals surface area contributed by atoms with Crippen LogP contribution in [-0.4, -0.2) is 45.3 Å². The van der Waals surface area contributed by atoms with E-state index in [9.17, 15) is 5.11 Å². The van der Waals surface area contributed by atoms with Crippen LogP contribution in [0.4, 0.5) is 0 Å². The third kappa shape index (κ3) is 4.26. The summed E-state index contributed by atoms with van der Waals surface area (Å²) in [5.41, 5.74) is 3.57. The minimum absolute atomic E-state index is 0.268. The van der Waals surface area contributed by atoms with E-state index in [4.69, 9.17) is 16.3 Å². The number of hydrogen-bond acceptors (Lipinski definition) is 4. The smallest absolute Gasteiger partial charge is 0.138 e. The summed E-state index contributed by atoms with van der Waals surface area (Å²) < 4.78 is 5.84. The molecule has 0 bridgehead atoms. The third-order valence-electron chi connectivity index (χ3n) is 5.26. The summed E-state index contributed by atoms with van der Waals surface area (Å²) in [5, 5.41) is 11.5. The number of aliphatic hydroxyl groups is 1. The highest BCUT2D eigenvalue weighted by Crippen LogP contribution is 2.29. The highest BCUT2D eigenvalue weighted by molar-refractivity contribution is 6.32. The Labute approximate surface area is 163 Å². The maximum absolute atomic E-state index is 10.9. The van der Waals surface area contributed by atoms with E-state index in [1.807, 2.05) is 31.2 Å². The van der Waals surface area contributed by atoms with Gasteiger partial charge in [0.15, 0.2) is 0 Å². The van der Waals surface area contributed by atoms with Gasteiger partial charge in [0.1, 0.15) is 18.0 Å². The van der Waals surface area contributed by atoms with Gasteiger partial charge in [-0.3, -0.25) is 4.90 Å². The van der Waals surface area contributed by atoms with Gasteiger partial charge < -0.3 is 14.8 Å². The fourth-order valence-electron chi connectivity index (χ4n) is 3.54. The molecule has 1 saturated heterocycles. The molecule has 1 aliphatic rings. The van der Waals surface area contributed by atoms with Gasteiger partial charge in [-0.1, -0.05) is 23.7 Å². The first-order valence-electron chi connectivity index (χ1n) is 9.26. The summed E-state index contributed by atoms with van der Waals surface area (Å²) in [7, 11) is 0. The number of benzene rings is 2. The Balaban J connectivity index is 1.32. The molecule has 0 amide bonds. The predicted molar refractivity (Wildman–Crippen MR) is 107 cm³/mol. The first-order chi connectivity index (χ1) is 13.0. The molecule has 2 aromatic carbocycles. The summed E-state index contributed by atoms with van der Waals surface area (Å²) >= 11 is 6.18. The highest BCUT2D eigenvalue weighted by Gasteiger charge is 2.33. The first kappa shape index (κ1) is 18.3. The zero-order chi connectivity index (χ0) is 18.9. The van der Waals surface area contributed by atoms with E-state index in [1.54, 1.807) is 6.33 Å². The van der Waals surface area contributed by atoms with E-state index in [-0.39, 0.29) is 6.61 Å². The molecule has 6 heteroatoms. The molecule has 142 valence electrons. The molecule has 5 nitrogen and oxygen atoms in total. The molecular weight excluding hydrogens is 362 g/mol. The fourth-order valence-corrected chi connectivity index (χ4v) is 3.72. The van der Waals surface area contributed by atoms with Crippen molar-refractivity contribution >= 4 is 22.6 Å². The van der Waals surface area contributed by atoms with Crippen molar-refractivity contribution in [2.24, 2.45) is 0 Å². The van der Waals surface area contributed by atoms with Crippen molar-refractivity contribution in [1.29, 1.82) is 0 Å². The zero-order valence-electron chi connectivity index (χ0n) is 15.4. The lowest BCUT2D eigenvalue weighted by molar-refractivity contribution is -0.0537. The van der Waals surface area contributed by atoms with Crippen LogP contribution in [0.3, 0.4) is 0 Å². The molecule has 1 fully saturated rings. The van der Waals surface area contributed by atoms with Crippen LogP contribution < -0.4 is 4.74 Å². The van der Waals surface area contributed by atoms with Gasteiger partial charge in [0.05, 0.1) is 22.4 Å². The number of aromatic amines is 1. The topological polar surface area (TPSA) is 61.4 Å². The number of nitrogens with zero attached hydrogens (tertiary/aromatic N) is 2. The monoisotopic (exact) mass is 385 g/mol. The Hall–Kier alpha value is -2.08. The Morgan fingerprint density at radius 2 is 2.04 bits per heavy atom. The van der Waals surface area contributed by atoms with Gasteiger partial charge in [0, 0.05) is 19.6 Å². The second kappa shape index (κ2) is 7.50. The molecule has 0 radical (unpaired) electrons. The first-order valence-corrected chi connectivity index (χ1v) is 9.64. The molecule has 0 aliphatic carbocycles. The molecule has 4 rings (SSSR count). The summed E-state index contributed by atoms with van der Waals surface area (Å²) in [4.78, 5) is 9.78. The maximum atomic E-state index is 10.9. The van der Waals surface area contributed by atoms with Gasteiger partial charge in [0.2, 0.25) is 0 Å². The predicted octanol–water partition coefficient (Wildman–Crippen LogP) is 3.93. The molecule has 27 heavy (non-hydrogen) atoms. The highest BCUT2D eigenvalue weighted by atomic mass is 35.5. The van der Waals surface area contributed by atoms with Crippen LogP contribution in [0.2, 0.25) is 5.02 Å². The number of hydrogen-bond donors (Lipinski definition) is 2. The van der Waals surface area contributed by atoms with Crippen molar-refractivity contribution in [3.8, 4) is 5.75 Å². The maximum Gasteiger partial charge on any atom is 0.138 e. The van der Waals surface area contributed by atoms with Gasteiger partial charge in [-0.05, 0) is 55.2 Å². The molecule has 0 spiro atoms. The lowest BCUT2D eigenvalue weighted by Crippen LogP contribution is -2.47. The minimum atomic E-state index is -0.809. The lowest BCUT2D eigenvalue weighted by atomic mass is 9.92. The minimum Gasteiger partial charge on any atom is -0.489 e. The summed E-state index contributed by atoms with van der Waals surface area (Å²) in [6.07, 6.45) is 3.08. The second-order valence-electron chi connectivity index (χ2n) is 7.48. The number of nitrogens with one attached hydrogen (secondary N) is 1. The SMILES string of the molecule is Cc1ccc(Cl)c(OCC2(O)CCN(Cc3ccc4nc[nH]c4c3)CC2)c1. The van der Waals surface area contributed by atoms with Crippen molar-refractivity contribution in [2.75, 3.05) is 19.7 Å². The fraction of sp³-hybridized carbons (Fsp3) is 0.381. The number of aryl methyl sites for hydroxylation is 1. The number of likely N-dealkylation sites (tertiary alicyclic amines) is 1. The van der Waals surface area contributed by atoms with Crippen molar-refractivity contribution in [3.63, 3.8) is 0 Å². The van der Waals surface area contributed by atoms with Crippen molar-refractivity contribution in [2.45, 2.75) is 31.9 Å². The summed E-state index contributed by atoms with van der Waals surface area (Å²) in [5.74, 6) is 0.639. The number of imidazole rings is 1. The molecule has 1 aliphatic heterocycles. The number of ether oxygens (including phenoxy) is 1. The zero-order valence-corrected chi connectivity index (χ0v) is 16.2. The molecule has 0 saturated carbocycles. The molecule has 3 aromatic rings. The standard InChI is InChI=1S/C21H24ClN3O2/c1-15-2-4-17(22)20(10-15)27-13-21(26)6-8-25(9-7-21)12-16-3-5-18-19(11-16)24-14-23-18/h2-5,10-11,14,26H,6-9,12-13H2,1H3,(H,23,24). The number of piperidine rings is 1. The van der Waals surface area contributed by atoms with Crippen LogP contribution in [0.5, 0.6) is 5.75 Å². The molecule has 2 N–H and O–H groups in total. The Morgan fingerprint density at radius 3 is 2.85 bits per heavy atom. The Bertz CT molecular complexity index is 932. The lowest BCUT2D eigenvalue weighted by Gasteiger charge is -2.38. The largest absolute Gasteiger partial charge is 0.489 e. The number of H-pyrrole nitrogens is 1. The molecule has 0 atom stereocenters. The summed E-state index contributed by atoms with van der Waals surface area (Å²) in [6.45, 7) is 4.81. The van der Waals surface area contributed by atoms with Crippen molar-refractivity contribution in [3.05, 3.63) is 58.9 Å². The number of fused-ring (bicyclic) bond motifs is 1. The molecular formula is C21H24ClN3O2.